The van der Waals surface area contributed by atoms with Gasteiger partial charge in [0.25, 0.3) is 0 Å². The second-order valence-corrected chi connectivity index (χ2v) is 5.14. The van der Waals surface area contributed by atoms with Crippen LogP contribution in [0.25, 0.3) is 0 Å². The lowest BCUT2D eigenvalue weighted by Crippen LogP contribution is -2.47. The molecule has 0 aromatic rings. The molecule has 15 heavy (non-hydrogen) atoms. The molecule has 1 amide bonds. The Balaban J connectivity index is 2.70. The van der Waals surface area contributed by atoms with E-state index in [-0.39, 0.29) is 18.2 Å². The maximum Gasteiger partial charge on any atom is 0.411 e. The molecule has 1 rings (SSSR count). The van der Waals surface area contributed by atoms with Crippen LogP contribution < -0.4 is 0 Å². The van der Waals surface area contributed by atoms with Crippen molar-refractivity contribution in [2.75, 3.05) is 0 Å². The van der Waals surface area contributed by atoms with Crippen LogP contribution in [0.4, 0.5) is 4.79 Å². The second kappa shape index (κ2) is 4.25. The Morgan fingerprint density at radius 1 is 1.40 bits per heavy atom. The number of hydrogen-bond acceptors (Lipinski definition) is 2. The number of ether oxygens (including phenoxy) is 1. The topological polar surface area (TPSA) is 29.5 Å². The van der Waals surface area contributed by atoms with Gasteiger partial charge < -0.3 is 4.74 Å². The Morgan fingerprint density at radius 3 is 2.47 bits per heavy atom. The molecular formula is C12H21NO2. The van der Waals surface area contributed by atoms with Crippen molar-refractivity contribution in [2.24, 2.45) is 0 Å². The Bertz CT molecular complexity index is 265. The summed E-state index contributed by atoms with van der Waals surface area (Å²) in [5.74, 6) is 0. The third kappa shape index (κ3) is 3.26. The highest BCUT2D eigenvalue weighted by atomic mass is 16.6. The normalized spacial score (nSPS) is 26.6. The van der Waals surface area contributed by atoms with Gasteiger partial charge in [0.05, 0.1) is 6.04 Å². The Labute approximate surface area is 92.1 Å². The monoisotopic (exact) mass is 211 g/mol. The van der Waals surface area contributed by atoms with Gasteiger partial charge >= 0.3 is 6.09 Å². The highest BCUT2D eigenvalue weighted by Gasteiger charge is 2.29. The SMILES string of the molecule is C[C@@H]1C=CC[C@@H](C)N1C(=O)OC(C)(C)C. The smallest absolute Gasteiger partial charge is 0.411 e. The molecule has 3 heteroatoms. The summed E-state index contributed by atoms with van der Waals surface area (Å²) in [5.41, 5.74) is -0.419. The molecule has 0 aromatic heterocycles. The van der Waals surface area contributed by atoms with Crippen LogP contribution in [0.5, 0.6) is 0 Å². The van der Waals surface area contributed by atoms with Crippen molar-refractivity contribution in [3.05, 3.63) is 12.2 Å². The van der Waals surface area contributed by atoms with Crippen molar-refractivity contribution >= 4 is 6.09 Å². The zero-order valence-corrected chi connectivity index (χ0v) is 10.3. The largest absolute Gasteiger partial charge is 0.444 e. The van der Waals surface area contributed by atoms with Gasteiger partial charge in [0.2, 0.25) is 0 Å². The van der Waals surface area contributed by atoms with E-state index in [1.807, 2.05) is 40.7 Å². The third-order valence-corrected chi connectivity index (χ3v) is 2.41. The lowest BCUT2D eigenvalue weighted by atomic mass is 10.1. The molecule has 0 saturated heterocycles. The first-order chi connectivity index (χ1) is 6.81. The molecule has 0 fully saturated rings. The summed E-state index contributed by atoms with van der Waals surface area (Å²) >= 11 is 0. The van der Waals surface area contributed by atoms with E-state index in [2.05, 4.69) is 6.08 Å². The number of nitrogens with zero attached hydrogens (tertiary/aromatic N) is 1. The lowest BCUT2D eigenvalue weighted by Gasteiger charge is -2.36. The molecule has 1 aliphatic heterocycles. The molecule has 0 aliphatic carbocycles. The van der Waals surface area contributed by atoms with Gasteiger partial charge in [0.1, 0.15) is 5.60 Å². The molecule has 1 aliphatic rings. The first kappa shape index (κ1) is 12.1. The predicted molar refractivity (Wildman–Crippen MR) is 60.8 cm³/mol. The van der Waals surface area contributed by atoms with Gasteiger partial charge in [-0.2, -0.15) is 0 Å². The number of carbonyl (C=O) groups excluding carboxylic acids is 1. The fraction of sp³-hybridized carbons (Fsp3) is 0.750. The summed E-state index contributed by atoms with van der Waals surface area (Å²) in [6.07, 6.45) is 4.86. The van der Waals surface area contributed by atoms with Crippen LogP contribution >= 0.6 is 0 Å². The van der Waals surface area contributed by atoms with Crippen molar-refractivity contribution in [1.82, 2.24) is 4.90 Å². The zero-order chi connectivity index (χ0) is 11.6. The molecule has 0 N–H and O–H groups in total. The molecule has 0 radical (unpaired) electrons. The van der Waals surface area contributed by atoms with E-state index in [0.717, 1.165) is 6.42 Å². The Kier molecular flexibility index (Phi) is 3.42. The van der Waals surface area contributed by atoms with Crippen molar-refractivity contribution in [1.29, 1.82) is 0 Å². The number of carbonyl (C=O) groups is 1. The summed E-state index contributed by atoms with van der Waals surface area (Å²) in [7, 11) is 0. The van der Waals surface area contributed by atoms with Gasteiger partial charge in [0, 0.05) is 6.04 Å². The molecular weight excluding hydrogens is 190 g/mol. The first-order valence-electron chi connectivity index (χ1n) is 5.49. The molecule has 86 valence electrons. The van der Waals surface area contributed by atoms with Gasteiger partial charge in [-0.3, -0.25) is 4.90 Å². The minimum Gasteiger partial charge on any atom is -0.444 e. The maximum atomic E-state index is 11.9. The molecule has 0 unspecified atom stereocenters. The minimum absolute atomic E-state index is 0.128. The average molecular weight is 211 g/mol. The van der Waals surface area contributed by atoms with Crippen LogP contribution in [0.15, 0.2) is 12.2 Å². The Hall–Kier alpha value is -0.990. The van der Waals surface area contributed by atoms with Crippen LogP contribution in [-0.2, 0) is 4.74 Å². The second-order valence-electron chi connectivity index (χ2n) is 5.14. The quantitative estimate of drug-likeness (QED) is 0.576. The van der Waals surface area contributed by atoms with Crippen molar-refractivity contribution in [3.63, 3.8) is 0 Å². The van der Waals surface area contributed by atoms with Crippen molar-refractivity contribution in [2.45, 2.75) is 58.7 Å². The molecule has 0 bridgehead atoms. The van der Waals surface area contributed by atoms with Gasteiger partial charge in [-0.25, -0.2) is 4.79 Å². The van der Waals surface area contributed by atoms with E-state index in [1.165, 1.54) is 0 Å². The molecule has 0 aromatic carbocycles. The van der Waals surface area contributed by atoms with Gasteiger partial charge in [-0.05, 0) is 41.0 Å². The van der Waals surface area contributed by atoms with E-state index in [0.29, 0.717) is 0 Å². The van der Waals surface area contributed by atoms with Gasteiger partial charge in [-0.1, -0.05) is 12.2 Å². The highest BCUT2D eigenvalue weighted by molar-refractivity contribution is 5.69. The van der Waals surface area contributed by atoms with E-state index in [1.54, 1.807) is 4.90 Å². The van der Waals surface area contributed by atoms with E-state index < -0.39 is 5.60 Å². The van der Waals surface area contributed by atoms with Crippen LogP contribution in [0, 0.1) is 0 Å². The van der Waals surface area contributed by atoms with Gasteiger partial charge in [-0.15, -0.1) is 0 Å². The van der Waals surface area contributed by atoms with Crippen molar-refractivity contribution in [3.8, 4) is 0 Å². The zero-order valence-electron chi connectivity index (χ0n) is 10.3. The lowest BCUT2D eigenvalue weighted by molar-refractivity contribution is 0.0118. The molecule has 0 spiro atoms. The number of hydrogen-bond donors (Lipinski definition) is 0. The van der Waals surface area contributed by atoms with E-state index in [9.17, 15) is 4.79 Å². The Morgan fingerprint density at radius 2 is 2.00 bits per heavy atom. The average Bonchev–Trinajstić information content (AvgIpc) is 1.99. The van der Waals surface area contributed by atoms with Crippen molar-refractivity contribution < 1.29 is 9.53 Å². The third-order valence-electron chi connectivity index (χ3n) is 2.41. The highest BCUT2D eigenvalue weighted by Crippen LogP contribution is 2.20. The summed E-state index contributed by atoms with van der Waals surface area (Å²) in [6.45, 7) is 9.72. The fourth-order valence-electron chi connectivity index (χ4n) is 1.74. The standard InChI is InChI=1S/C12H21NO2/c1-9-7-6-8-10(2)13(9)11(14)15-12(3,4)5/h6-7,9-10H,8H2,1-5H3/t9-,10-/m1/s1. The summed E-state index contributed by atoms with van der Waals surface area (Å²) < 4.78 is 5.37. The van der Waals surface area contributed by atoms with Crippen LogP contribution in [0.3, 0.4) is 0 Å². The summed E-state index contributed by atoms with van der Waals surface area (Å²) in [5, 5.41) is 0. The van der Waals surface area contributed by atoms with E-state index in [4.69, 9.17) is 4.74 Å². The molecule has 3 nitrogen and oxygen atoms in total. The number of rotatable bonds is 0. The van der Waals surface area contributed by atoms with Crippen LogP contribution in [0.1, 0.15) is 41.0 Å². The first-order valence-corrected chi connectivity index (χ1v) is 5.49. The number of amides is 1. The van der Waals surface area contributed by atoms with Crippen LogP contribution in [0.2, 0.25) is 0 Å². The fourth-order valence-corrected chi connectivity index (χ4v) is 1.74. The molecule has 0 saturated carbocycles. The minimum atomic E-state index is -0.419. The summed E-state index contributed by atoms with van der Waals surface area (Å²) in [6, 6.07) is 0.350. The van der Waals surface area contributed by atoms with E-state index >= 15 is 0 Å². The molecule has 2 atom stereocenters. The maximum absolute atomic E-state index is 11.9. The summed E-state index contributed by atoms with van der Waals surface area (Å²) in [4.78, 5) is 13.7. The van der Waals surface area contributed by atoms with Gasteiger partial charge in [0.15, 0.2) is 0 Å². The predicted octanol–water partition coefficient (Wildman–Crippen LogP) is 2.96. The molecule has 1 heterocycles. The van der Waals surface area contributed by atoms with Crippen LogP contribution in [-0.4, -0.2) is 28.7 Å².